The standard InChI is InChI=1S/C24H27F2N5/c1-16(2)31(14-20-5-4-6-21(25)12-20)24-22(26)23(29-15-30-24)28-13-19-9-7-18(8-10-19)11-17(3)27/h4-10,12,15-16H,3,11,13-14,27H2,1-2H3,(H,28,29,30). The fraction of sp³-hybridized carbons (Fsp3) is 0.250. The zero-order valence-corrected chi connectivity index (χ0v) is 17.8. The minimum absolute atomic E-state index is 0.0506. The Kier molecular flexibility index (Phi) is 7.18. The highest BCUT2D eigenvalue weighted by atomic mass is 19.1. The summed E-state index contributed by atoms with van der Waals surface area (Å²) in [4.78, 5) is 10.0. The predicted molar refractivity (Wildman–Crippen MR) is 121 cm³/mol. The maximum atomic E-state index is 15.2. The lowest BCUT2D eigenvalue weighted by Crippen LogP contribution is -2.32. The molecule has 0 aliphatic heterocycles. The Hall–Kier alpha value is -3.48. The number of aromatic nitrogens is 2. The number of nitrogens with one attached hydrogen (secondary N) is 1. The van der Waals surface area contributed by atoms with Crippen molar-refractivity contribution in [2.45, 2.75) is 39.4 Å². The number of benzene rings is 2. The predicted octanol–water partition coefficient (Wildman–Crippen LogP) is 4.80. The number of anilines is 2. The average Bonchev–Trinajstić information content (AvgIpc) is 2.72. The molecule has 31 heavy (non-hydrogen) atoms. The molecule has 0 unspecified atom stereocenters. The van der Waals surface area contributed by atoms with Crippen LogP contribution in [0.1, 0.15) is 30.5 Å². The van der Waals surface area contributed by atoms with Crippen LogP contribution in [0.2, 0.25) is 0 Å². The van der Waals surface area contributed by atoms with Crippen LogP contribution in [0.4, 0.5) is 20.4 Å². The highest BCUT2D eigenvalue weighted by molar-refractivity contribution is 5.52. The van der Waals surface area contributed by atoms with Crippen molar-refractivity contribution in [3.8, 4) is 0 Å². The maximum absolute atomic E-state index is 15.2. The molecular weight excluding hydrogens is 396 g/mol. The second-order valence-electron chi connectivity index (χ2n) is 7.72. The number of halogens is 2. The average molecular weight is 424 g/mol. The molecule has 3 N–H and O–H groups in total. The van der Waals surface area contributed by atoms with Gasteiger partial charge in [-0.15, -0.1) is 0 Å². The van der Waals surface area contributed by atoms with Gasteiger partial charge < -0.3 is 16.0 Å². The number of rotatable bonds is 9. The summed E-state index contributed by atoms with van der Waals surface area (Å²) in [6.45, 7) is 8.32. The van der Waals surface area contributed by atoms with E-state index in [-0.39, 0.29) is 23.5 Å². The molecule has 0 saturated heterocycles. The van der Waals surface area contributed by atoms with Crippen LogP contribution in [0, 0.1) is 11.6 Å². The second-order valence-corrected chi connectivity index (χ2v) is 7.72. The summed E-state index contributed by atoms with van der Waals surface area (Å²) in [6, 6.07) is 14.1. The van der Waals surface area contributed by atoms with E-state index in [1.54, 1.807) is 17.0 Å². The molecule has 5 nitrogen and oxygen atoms in total. The molecule has 0 aliphatic carbocycles. The first kappa shape index (κ1) is 22.2. The van der Waals surface area contributed by atoms with E-state index in [4.69, 9.17) is 5.73 Å². The molecule has 0 bridgehead atoms. The van der Waals surface area contributed by atoms with Gasteiger partial charge in [0.25, 0.3) is 0 Å². The van der Waals surface area contributed by atoms with Gasteiger partial charge in [-0.2, -0.15) is 4.39 Å². The van der Waals surface area contributed by atoms with Gasteiger partial charge in [-0.1, -0.05) is 43.0 Å². The highest BCUT2D eigenvalue weighted by Gasteiger charge is 2.20. The summed E-state index contributed by atoms with van der Waals surface area (Å²) in [5.41, 5.74) is 9.03. The van der Waals surface area contributed by atoms with Crippen molar-refractivity contribution in [2.75, 3.05) is 10.2 Å². The maximum Gasteiger partial charge on any atom is 0.207 e. The summed E-state index contributed by atoms with van der Waals surface area (Å²) in [5, 5.41) is 3.04. The Labute approximate surface area is 181 Å². The van der Waals surface area contributed by atoms with Crippen LogP contribution < -0.4 is 16.0 Å². The third kappa shape index (κ3) is 6.01. The van der Waals surface area contributed by atoms with Crippen LogP contribution in [0.15, 0.2) is 67.1 Å². The summed E-state index contributed by atoms with van der Waals surface area (Å²) in [6.07, 6.45) is 1.95. The topological polar surface area (TPSA) is 67.1 Å². The Morgan fingerprint density at radius 2 is 1.77 bits per heavy atom. The van der Waals surface area contributed by atoms with E-state index in [1.807, 2.05) is 38.1 Å². The SMILES string of the molecule is C=C(N)Cc1ccc(CNc2ncnc(N(Cc3cccc(F)c3)C(C)C)c2F)cc1. The van der Waals surface area contributed by atoms with Crippen molar-refractivity contribution < 1.29 is 8.78 Å². The van der Waals surface area contributed by atoms with Gasteiger partial charge in [0.05, 0.1) is 0 Å². The number of nitrogens with two attached hydrogens (primary N) is 1. The number of allylic oxidation sites excluding steroid dienone is 1. The molecule has 7 heteroatoms. The van der Waals surface area contributed by atoms with Crippen molar-refractivity contribution in [3.63, 3.8) is 0 Å². The van der Waals surface area contributed by atoms with E-state index in [2.05, 4.69) is 21.9 Å². The molecule has 162 valence electrons. The van der Waals surface area contributed by atoms with E-state index >= 15 is 4.39 Å². The van der Waals surface area contributed by atoms with Crippen LogP contribution in [0.5, 0.6) is 0 Å². The van der Waals surface area contributed by atoms with Crippen molar-refractivity contribution in [1.29, 1.82) is 0 Å². The Bertz CT molecular complexity index is 1030. The molecule has 3 rings (SSSR count). The summed E-state index contributed by atoms with van der Waals surface area (Å²) >= 11 is 0. The third-order valence-corrected chi connectivity index (χ3v) is 4.82. The van der Waals surface area contributed by atoms with Gasteiger partial charge in [-0.25, -0.2) is 14.4 Å². The lowest BCUT2D eigenvalue weighted by Gasteiger charge is -2.28. The monoisotopic (exact) mass is 423 g/mol. The first-order valence-corrected chi connectivity index (χ1v) is 10.1. The third-order valence-electron chi connectivity index (χ3n) is 4.82. The van der Waals surface area contributed by atoms with Crippen LogP contribution in [-0.4, -0.2) is 16.0 Å². The molecule has 0 spiro atoms. The molecule has 1 heterocycles. The van der Waals surface area contributed by atoms with Gasteiger partial charge in [0, 0.05) is 31.2 Å². The molecule has 0 aliphatic rings. The van der Waals surface area contributed by atoms with Crippen LogP contribution in [-0.2, 0) is 19.5 Å². The molecule has 2 aromatic carbocycles. The number of nitrogens with zero attached hydrogens (tertiary/aromatic N) is 3. The summed E-state index contributed by atoms with van der Waals surface area (Å²) in [7, 11) is 0. The molecule has 1 aromatic heterocycles. The van der Waals surface area contributed by atoms with Gasteiger partial charge >= 0.3 is 0 Å². The normalized spacial score (nSPS) is 10.9. The van der Waals surface area contributed by atoms with Gasteiger partial charge in [0.2, 0.25) is 5.82 Å². The molecule has 0 amide bonds. The molecule has 0 atom stereocenters. The minimum atomic E-state index is -0.538. The molecule has 3 aromatic rings. The van der Waals surface area contributed by atoms with Crippen LogP contribution in [0.25, 0.3) is 0 Å². The number of hydrogen-bond donors (Lipinski definition) is 2. The van der Waals surface area contributed by atoms with Crippen LogP contribution in [0.3, 0.4) is 0 Å². The smallest absolute Gasteiger partial charge is 0.207 e. The quantitative estimate of drug-likeness (QED) is 0.518. The Morgan fingerprint density at radius 1 is 1.06 bits per heavy atom. The van der Waals surface area contributed by atoms with E-state index in [0.717, 1.165) is 16.7 Å². The van der Waals surface area contributed by atoms with Gasteiger partial charge in [-0.05, 0) is 42.7 Å². The first-order chi connectivity index (χ1) is 14.8. The summed E-state index contributed by atoms with van der Waals surface area (Å²) in [5.74, 6) is -0.569. The Morgan fingerprint density at radius 3 is 2.42 bits per heavy atom. The van der Waals surface area contributed by atoms with Crippen molar-refractivity contribution in [1.82, 2.24) is 9.97 Å². The van der Waals surface area contributed by atoms with E-state index in [9.17, 15) is 4.39 Å². The molecular formula is C24H27F2N5. The fourth-order valence-corrected chi connectivity index (χ4v) is 3.24. The fourth-order valence-electron chi connectivity index (χ4n) is 3.24. The Balaban J connectivity index is 1.75. The first-order valence-electron chi connectivity index (χ1n) is 10.1. The van der Waals surface area contributed by atoms with E-state index in [0.29, 0.717) is 25.2 Å². The largest absolute Gasteiger partial charge is 0.402 e. The second kappa shape index (κ2) is 10.0. The summed E-state index contributed by atoms with van der Waals surface area (Å²) < 4.78 is 28.8. The van der Waals surface area contributed by atoms with Crippen molar-refractivity contribution in [2.24, 2.45) is 5.73 Å². The zero-order chi connectivity index (χ0) is 22.4. The van der Waals surface area contributed by atoms with Crippen molar-refractivity contribution >= 4 is 11.6 Å². The molecule has 0 radical (unpaired) electrons. The lowest BCUT2D eigenvalue weighted by molar-refractivity contribution is 0.582. The van der Waals surface area contributed by atoms with E-state index in [1.165, 1.54) is 18.5 Å². The van der Waals surface area contributed by atoms with E-state index < -0.39 is 5.82 Å². The highest BCUT2D eigenvalue weighted by Crippen LogP contribution is 2.25. The lowest BCUT2D eigenvalue weighted by atomic mass is 10.1. The minimum Gasteiger partial charge on any atom is -0.402 e. The van der Waals surface area contributed by atoms with Crippen LogP contribution >= 0.6 is 0 Å². The van der Waals surface area contributed by atoms with Gasteiger partial charge in [0.15, 0.2) is 11.6 Å². The van der Waals surface area contributed by atoms with Crippen molar-refractivity contribution in [3.05, 3.63) is 95.5 Å². The molecule has 0 fully saturated rings. The van der Waals surface area contributed by atoms with Gasteiger partial charge in [-0.3, -0.25) is 0 Å². The van der Waals surface area contributed by atoms with Gasteiger partial charge in [0.1, 0.15) is 12.1 Å². The molecule has 0 saturated carbocycles. The zero-order valence-electron chi connectivity index (χ0n) is 17.8. The number of hydrogen-bond acceptors (Lipinski definition) is 5.